The van der Waals surface area contributed by atoms with Crippen molar-refractivity contribution >= 4 is 11.4 Å². The Bertz CT molecular complexity index is 389. The van der Waals surface area contributed by atoms with Crippen LogP contribution in [0.5, 0.6) is 5.75 Å². The van der Waals surface area contributed by atoms with Crippen LogP contribution >= 0.6 is 0 Å². The second-order valence-corrected chi connectivity index (χ2v) is 4.33. The number of ether oxygens (including phenoxy) is 2. The molecule has 1 saturated heterocycles. The van der Waals surface area contributed by atoms with Gasteiger partial charge < -0.3 is 25.6 Å². The summed E-state index contributed by atoms with van der Waals surface area (Å²) in [7, 11) is 1.60. The van der Waals surface area contributed by atoms with Crippen molar-refractivity contribution in [1.29, 1.82) is 0 Å². The Morgan fingerprint density at radius 1 is 1.59 bits per heavy atom. The molecular formula is C12H18N2O3. The Balaban J connectivity index is 1.99. The third-order valence-electron chi connectivity index (χ3n) is 2.95. The molecule has 0 aliphatic carbocycles. The van der Waals surface area contributed by atoms with Crippen LogP contribution in [0.15, 0.2) is 18.2 Å². The molecule has 2 rings (SSSR count). The summed E-state index contributed by atoms with van der Waals surface area (Å²) in [6.45, 7) is 1.41. The summed E-state index contributed by atoms with van der Waals surface area (Å²) < 4.78 is 10.2. The molecular weight excluding hydrogens is 220 g/mol. The van der Waals surface area contributed by atoms with Gasteiger partial charge in [0.2, 0.25) is 0 Å². The minimum Gasteiger partial charge on any atom is -0.497 e. The number of nitrogen functional groups attached to an aromatic ring is 1. The molecule has 0 radical (unpaired) electrons. The summed E-state index contributed by atoms with van der Waals surface area (Å²) in [5, 5.41) is 13.2. The van der Waals surface area contributed by atoms with Crippen LogP contribution < -0.4 is 15.8 Å². The maximum atomic E-state index is 10.1. The molecule has 0 spiro atoms. The molecule has 5 nitrogen and oxygen atoms in total. The summed E-state index contributed by atoms with van der Waals surface area (Å²) in [6, 6.07) is 5.42. The van der Waals surface area contributed by atoms with E-state index in [1.807, 2.05) is 12.1 Å². The van der Waals surface area contributed by atoms with E-state index in [0.29, 0.717) is 31.9 Å². The number of rotatable bonds is 4. The number of methoxy groups -OCH3 is 1. The molecule has 0 amide bonds. The summed E-state index contributed by atoms with van der Waals surface area (Å²) in [5.41, 5.74) is 6.49. The molecule has 0 aromatic heterocycles. The number of benzene rings is 1. The van der Waals surface area contributed by atoms with Gasteiger partial charge in [0.15, 0.2) is 0 Å². The molecule has 0 saturated carbocycles. The Morgan fingerprint density at radius 3 is 3.00 bits per heavy atom. The molecule has 4 N–H and O–H groups in total. The van der Waals surface area contributed by atoms with Gasteiger partial charge in [0.05, 0.1) is 25.1 Å². The first-order valence-electron chi connectivity index (χ1n) is 5.60. The minimum atomic E-state index is -0.785. The number of nitrogens with one attached hydrogen (secondary N) is 1. The first-order valence-corrected chi connectivity index (χ1v) is 5.60. The van der Waals surface area contributed by atoms with E-state index in [1.54, 1.807) is 13.2 Å². The largest absolute Gasteiger partial charge is 0.497 e. The van der Waals surface area contributed by atoms with Gasteiger partial charge in [0.25, 0.3) is 0 Å². The van der Waals surface area contributed by atoms with Gasteiger partial charge >= 0.3 is 0 Å². The number of nitrogens with two attached hydrogens (primary N) is 1. The maximum absolute atomic E-state index is 10.1. The molecule has 1 atom stereocenters. The predicted molar refractivity (Wildman–Crippen MR) is 66.3 cm³/mol. The molecule has 5 heteroatoms. The molecule has 0 bridgehead atoms. The molecule has 17 heavy (non-hydrogen) atoms. The number of hydrogen-bond donors (Lipinski definition) is 3. The second kappa shape index (κ2) is 4.81. The van der Waals surface area contributed by atoms with Crippen LogP contribution in [0.4, 0.5) is 11.4 Å². The lowest BCUT2D eigenvalue weighted by molar-refractivity contribution is 0.0382. The fourth-order valence-electron chi connectivity index (χ4n) is 1.82. The highest BCUT2D eigenvalue weighted by Crippen LogP contribution is 2.26. The monoisotopic (exact) mass is 238 g/mol. The molecule has 1 aliphatic rings. The fraction of sp³-hybridized carbons (Fsp3) is 0.500. The van der Waals surface area contributed by atoms with Crippen molar-refractivity contribution in [2.24, 2.45) is 0 Å². The van der Waals surface area contributed by atoms with E-state index in [0.717, 1.165) is 11.4 Å². The van der Waals surface area contributed by atoms with Crippen molar-refractivity contribution in [3.63, 3.8) is 0 Å². The normalized spacial score (nSPS) is 23.6. The van der Waals surface area contributed by atoms with Crippen LogP contribution in [0.3, 0.4) is 0 Å². The number of aliphatic hydroxyl groups is 1. The predicted octanol–water partition coefficient (Wildman–Crippen LogP) is 0.841. The van der Waals surface area contributed by atoms with Gasteiger partial charge in [-0.1, -0.05) is 0 Å². The van der Waals surface area contributed by atoms with E-state index in [-0.39, 0.29) is 0 Å². The van der Waals surface area contributed by atoms with Crippen LogP contribution in [-0.2, 0) is 4.74 Å². The number of anilines is 2. The van der Waals surface area contributed by atoms with Crippen molar-refractivity contribution in [2.45, 2.75) is 12.0 Å². The van der Waals surface area contributed by atoms with Gasteiger partial charge in [-0.05, 0) is 12.1 Å². The summed E-state index contributed by atoms with van der Waals surface area (Å²) in [4.78, 5) is 0. The van der Waals surface area contributed by atoms with Crippen LogP contribution in [0.25, 0.3) is 0 Å². The van der Waals surface area contributed by atoms with E-state index < -0.39 is 5.60 Å². The quantitative estimate of drug-likeness (QED) is 0.678. The third kappa shape index (κ3) is 2.81. The fourth-order valence-corrected chi connectivity index (χ4v) is 1.82. The summed E-state index contributed by atoms with van der Waals surface area (Å²) in [6.07, 6.45) is 0.649. The zero-order valence-electron chi connectivity index (χ0n) is 9.90. The van der Waals surface area contributed by atoms with Crippen molar-refractivity contribution in [1.82, 2.24) is 0 Å². The zero-order valence-corrected chi connectivity index (χ0v) is 9.90. The molecule has 1 unspecified atom stereocenters. The topological polar surface area (TPSA) is 76.7 Å². The van der Waals surface area contributed by atoms with Crippen LogP contribution in [0.1, 0.15) is 6.42 Å². The van der Waals surface area contributed by atoms with Gasteiger partial charge in [-0.3, -0.25) is 0 Å². The van der Waals surface area contributed by atoms with E-state index in [4.69, 9.17) is 15.2 Å². The van der Waals surface area contributed by atoms with Crippen molar-refractivity contribution in [3.05, 3.63) is 18.2 Å². The zero-order chi connectivity index (χ0) is 12.3. The Hall–Kier alpha value is -1.46. The van der Waals surface area contributed by atoms with Gasteiger partial charge in [-0.25, -0.2) is 0 Å². The van der Waals surface area contributed by atoms with Gasteiger partial charge in [-0.15, -0.1) is 0 Å². The lowest BCUT2D eigenvalue weighted by Crippen LogP contribution is -2.37. The minimum absolute atomic E-state index is 0.371. The summed E-state index contributed by atoms with van der Waals surface area (Å²) in [5.74, 6) is 0.718. The van der Waals surface area contributed by atoms with Crippen molar-refractivity contribution < 1.29 is 14.6 Å². The highest BCUT2D eigenvalue weighted by atomic mass is 16.5. The molecule has 1 fully saturated rings. The third-order valence-corrected chi connectivity index (χ3v) is 2.95. The molecule has 94 valence electrons. The average Bonchev–Trinajstić information content (AvgIpc) is 2.75. The van der Waals surface area contributed by atoms with E-state index in [9.17, 15) is 5.11 Å². The Kier molecular flexibility index (Phi) is 3.40. The van der Waals surface area contributed by atoms with E-state index in [1.165, 1.54) is 0 Å². The van der Waals surface area contributed by atoms with Crippen molar-refractivity contribution in [2.75, 3.05) is 37.9 Å². The van der Waals surface area contributed by atoms with Crippen LogP contribution in [0.2, 0.25) is 0 Å². The van der Waals surface area contributed by atoms with E-state index in [2.05, 4.69) is 5.32 Å². The molecule has 1 aromatic rings. The van der Waals surface area contributed by atoms with Gasteiger partial charge in [-0.2, -0.15) is 0 Å². The highest BCUT2D eigenvalue weighted by Gasteiger charge is 2.31. The van der Waals surface area contributed by atoms with Crippen LogP contribution in [-0.4, -0.2) is 37.6 Å². The smallest absolute Gasteiger partial charge is 0.121 e. The summed E-state index contributed by atoms with van der Waals surface area (Å²) >= 11 is 0. The first-order chi connectivity index (χ1) is 8.13. The SMILES string of the molecule is COc1ccc(NCC2(O)CCOC2)c(N)c1. The molecule has 1 aliphatic heterocycles. The van der Waals surface area contributed by atoms with Gasteiger partial charge in [0, 0.05) is 25.6 Å². The lowest BCUT2D eigenvalue weighted by atomic mass is 10.0. The lowest BCUT2D eigenvalue weighted by Gasteiger charge is -2.22. The van der Waals surface area contributed by atoms with Crippen molar-refractivity contribution in [3.8, 4) is 5.75 Å². The Morgan fingerprint density at radius 2 is 2.41 bits per heavy atom. The Labute approximate surface area is 101 Å². The van der Waals surface area contributed by atoms with Gasteiger partial charge in [0.1, 0.15) is 11.4 Å². The first kappa shape index (κ1) is 12.0. The number of hydrogen-bond acceptors (Lipinski definition) is 5. The maximum Gasteiger partial charge on any atom is 0.121 e. The average molecular weight is 238 g/mol. The van der Waals surface area contributed by atoms with Crippen LogP contribution in [0, 0.1) is 0 Å². The standard InChI is InChI=1S/C12H18N2O3/c1-16-9-2-3-11(10(13)6-9)14-7-12(15)4-5-17-8-12/h2-3,6,14-15H,4-5,7-8,13H2,1H3. The highest BCUT2D eigenvalue weighted by molar-refractivity contribution is 5.68. The molecule has 1 aromatic carbocycles. The van der Waals surface area contributed by atoms with E-state index >= 15 is 0 Å². The molecule has 1 heterocycles. The second-order valence-electron chi connectivity index (χ2n) is 4.33.